The second-order valence-corrected chi connectivity index (χ2v) is 6.48. The van der Waals surface area contributed by atoms with Gasteiger partial charge in [-0.1, -0.05) is 42.5 Å². The van der Waals surface area contributed by atoms with E-state index in [0.717, 1.165) is 22.2 Å². The van der Waals surface area contributed by atoms with Crippen LogP contribution in [0.25, 0.3) is 32.9 Å². The van der Waals surface area contributed by atoms with Crippen LogP contribution in [0.4, 0.5) is 0 Å². The van der Waals surface area contributed by atoms with Gasteiger partial charge in [0.25, 0.3) is 0 Å². The molecule has 3 aromatic carbocycles. The third-order valence-corrected chi connectivity index (χ3v) is 4.72. The number of nitrogens with one attached hydrogen (secondary N) is 1. The number of carboxylic acid groups (broad SMARTS) is 1. The lowest BCUT2D eigenvalue weighted by Gasteiger charge is -2.08. The van der Waals surface area contributed by atoms with Crippen molar-refractivity contribution in [3.63, 3.8) is 0 Å². The van der Waals surface area contributed by atoms with E-state index in [1.807, 2.05) is 12.1 Å². The number of carboxylic acids is 1. The van der Waals surface area contributed by atoms with E-state index in [2.05, 4.69) is 60.4 Å². The summed E-state index contributed by atoms with van der Waals surface area (Å²) in [6.07, 6.45) is 0.713. The molecule has 0 atom stereocenters. The summed E-state index contributed by atoms with van der Waals surface area (Å²) in [4.78, 5) is 14.3. The predicted molar refractivity (Wildman–Crippen MR) is 102 cm³/mol. The molecule has 0 saturated heterocycles. The van der Waals surface area contributed by atoms with Crippen LogP contribution in [0.1, 0.15) is 17.5 Å². The second kappa shape index (κ2) is 6.10. The molecule has 2 N–H and O–H groups in total. The van der Waals surface area contributed by atoms with E-state index in [0.29, 0.717) is 6.42 Å². The van der Waals surface area contributed by atoms with Crippen LogP contribution in [0.2, 0.25) is 0 Å². The minimum absolute atomic E-state index is 0.158. The molecule has 0 aliphatic carbocycles. The molecule has 1 aromatic heterocycles. The van der Waals surface area contributed by atoms with Gasteiger partial charge in [0, 0.05) is 28.6 Å². The van der Waals surface area contributed by atoms with Crippen LogP contribution in [-0.2, 0) is 11.2 Å². The molecule has 0 fully saturated rings. The Balaban J connectivity index is 1.82. The maximum absolute atomic E-state index is 10.8. The van der Waals surface area contributed by atoms with Crippen LogP contribution >= 0.6 is 0 Å². The quantitative estimate of drug-likeness (QED) is 0.533. The molecule has 0 unspecified atom stereocenters. The summed E-state index contributed by atoms with van der Waals surface area (Å²) >= 11 is 0. The Hall–Kier alpha value is -3.07. The molecule has 0 spiro atoms. The Labute approximate surface area is 145 Å². The Morgan fingerprint density at radius 2 is 1.84 bits per heavy atom. The molecule has 0 aliphatic heterocycles. The van der Waals surface area contributed by atoms with Gasteiger partial charge in [-0.3, -0.25) is 4.79 Å². The Morgan fingerprint density at radius 1 is 1.00 bits per heavy atom. The van der Waals surface area contributed by atoms with Crippen molar-refractivity contribution in [2.75, 3.05) is 0 Å². The van der Waals surface area contributed by atoms with Gasteiger partial charge in [-0.15, -0.1) is 0 Å². The number of carbonyl (C=O) groups is 1. The summed E-state index contributed by atoms with van der Waals surface area (Å²) in [6, 6.07) is 21.0. The Morgan fingerprint density at radius 3 is 2.68 bits per heavy atom. The fraction of sp³-hybridized carbons (Fsp3) is 0.136. The Bertz CT molecular complexity index is 1090. The number of aromatic amines is 1. The number of fused-ring (bicyclic) bond motifs is 2. The molecule has 4 rings (SSSR count). The van der Waals surface area contributed by atoms with Gasteiger partial charge in [-0.2, -0.15) is 0 Å². The van der Waals surface area contributed by atoms with Crippen molar-refractivity contribution in [2.24, 2.45) is 0 Å². The largest absolute Gasteiger partial charge is 0.481 e. The molecule has 4 aromatic rings. The molecule has 25 heavy (non-hydrogen) atoms. The molecular formula is C22H19NO2. The fourth-order valence-electron chi connectivity index (χ4n) is 3.46. The monoisotopic (exact) mass is 329 g/mol. The highest BCUT2D eigenvalue weighted by atomic mass is 16.4. The molecule has 1 heterocycles. The van der Waals surface area contributed by atoms with Crippen molar-refractivity contribution in [1.82, 2.24) is 4.98 Å². The molecule has 0 aliphatic rings. The van der Waals surface area contributed by atoms with Crippen molar-refractivity contribution < 1.29 is 9.90 Å². The predicted octanol–water partition coefficient (Wildman–Crippen LogP) is 5.31. The van der Waals surface area contributed by atoms with Crippen molar-refractivity contribution in [3.8, 4) is 11.3 Å². The van der Waals surface area contributed by atoms with E-state index in [1.54, 1.807) is 0 Å². The molecule has 0 radical (unpaired) electrons. The topological polar surface area (TPSA) is 53.1 Å². The molecular weight excluding hydrogens is 310 g/mol. The molecule has 0 amide bonds. The zero-order valence-electron chi connectivity index (χ0n) is 14.0. The van der Waals surface area contributed by atoms with Gasteiger partial charge in [-0.05, 0) is 53.4 Å². The summed E-state index contributed by atoms with van der Waals surface area (Å²) in [6.45, 7) is 2.13. The van der Waals surface area contributed by atoms with Crippen LogP contribution < -0.4 is 0 Å². The zero-order chi connectivity index (χ0) is 17.4. The summed E-state index contributed by atoms with van der Waals surface area (Å²) in [7, 11) is 0. The van der Waals surface area contributed by atoms with Crippen LogP contribution in [-0.4, -0.2) is 16.1 Å². The van der Waals surface area contributed by atoms with Crippen LogP contribution in [0.15, 0.2) is 60.7 Å². The molecule has 0 saturated carbocycles. The number of rotatable bonds is 4. The van der Waals surface area contributed by atoms with Crippen LogP contribution in [0.5, 0.6) is 0 Å². The number of aromatic nitrogens is 1. The van der Waals surface area contributed by atoms with Gasteiger partial charge >= 0.3 is 5.97 Å². The van der Waals surface area contributed by atoms with Crippen molar-refractivity contribution in [2.45, 2.75) is 19.8 Å². The first-order chi connectivity index (χ1) is 12.1. The summed E-state index contributed by atoms with van der Waals surface area (Å²) < 4.78 is 0. The van der Waals surface area contributed by atoms with Crippen LogP contribution in [0, 0.1) is 6.92 Å². The first-order valence-electron chi connectivity index (χ1n) is 8.44. The molecule has 124 valence electrons. The SMILES string of the molecule is Cc1ccc2ccccc2c1-c1cc2cc(CCC(=O)O)ccc2[nH]1. The van der Waals surface area contributed by atoms with Crippen molar-refractivity contribution >= 4 is 27.6 Å². The van der Waals surface area contributed by atoms with Crippen molar-refractivity contribution in [1.29, 1.82) is 0 Å². The lowest BCUT2D eigenvalue weighted by atomic mass is 9.97. The van der Waals surface area contributed by atoms with E-state index < -0.39 is 5.97 Å². The highest BCUT2D eigenvalue weighted by molar-refractivity contribution is 6.00. The summed E-state index contributed by atoms with van der Waals surface area (Å²) in [5, 5.41) is 12.4. The number of hydrogen-bond acceptors (Lipinski definition) is 1. The molecule has 0 bridgehead atoms. The second-order valence-electron chi connectivity index (χ2n) is 6.48. The number of aliphatic carboxylic acids is 1. The molecule has 3 heteroatoms. The van der Waals surface area contributed by atoms with Gasteiger partial charge in [0.15, 0.2) is 0 Å². The van der Waals surface area contributed by atoms with E-state index in [9.17, 15) is 4.79 Å². The highest BCUT2D eigenvalue weighted by Crippen LogP contribution is 2.33. The van der Waals surface area contributed by atoms with E-state index in [-0.39, 0.29) is 6.42 Å². The molecule has 3 nitrogen and oxygen atoms in total. The van der Waals surface area contributed by atoms with Crippen molar-refractivity contribution in [3.05, 3.63) is 71.8 Å². The standard InChI is InChI=1S/C22H19NO2/c1-14-6-9-16-4-2-3-5-18(16)22(14)20-13-17-12-15(8-11-21(24)25)7-10-19(17)23-20/h2-7,9-10,12-13,23H,8,11H2,1H3,(H,24,25). The number of aryl methyl sites for hydroxylation is 2. The number of hydrogen-bond donors (Lipinski definition) is 2. The summed E-state index contributed by atoms with van der Waals surface area (Å²) in [5.74, 6) is -0.763. The third kappa shape index (κ3) is 2.89. The maximum atomic E-state index is 10.8. The summed E-state index contributed by atoms with van der Waals surface area (Å²) in [5.41, 5.74) is 5.67. The lowest BCUT2D eigenvalue weighted by molar-refractivity contribution is -0.136. The highest BCUT2D eigenvalue weighted by Gasteiger charge is 2.11. The van der Waals surface area contributed by atoms with Gasteiger partial charge in [0.05, 0.1) is 0 Å². The van der Waals surface area contributed by atoms with Gasteiger partial charge in [0.2, 0.25) is 0 Å². The van der Waals surface area contributed by atoms with Gasteiger partial charge < -0.3 is 10.1 Å². The number of H-pyrrole nitrogens is 1. The van der Waals surface area contributed by atoms with Gasteiger partial charge in [-0.25, -0.2) is 0 Å². The lowest BCUT2D eigenvalue weighted by Crippen LogP contribution is -1.96. The normalized spacial score (nSPS) is 11.2. The number of benzene rings is 3. The Kier molecular flexibility index (Phi) is 3.77. The average Bonchev–Trinajstić information content (AvgIpc) is 3.02. The zero-order valence-corrected chi connectivity index (χ0v) is 14.0. The van der Waals surface area contributed by atoms with E-state index in [4.69, 9.17) is 5.11 Å². The average molecular weight is 329 g/mol. The first-order valence-corrected chi connectivity index (χ1v) is 8.44. The van der Waals surface area contributed by atoms with Crippen LogP contribution in [0.3, 0.4) is 0 Å². The van der Waals surface area contributed by atoms with E-state index >= 15 is 0 Å². The smallest absolute Gasteiger partial charge is 0.303 e. The minimum atomic E-state index is -0.763. The van der Waals surface area contributed by atoms with Gasteiger partial charge in [0.1, 0.15) is 0 Å². The van der Waals surface area contributed by atoms with E-state index in [1.165, 1.54) is 21.9 Å². The minimum Gasteiger partial charge on any atom is -0.481 e. The first kappa shape index (κ1) is 15.5. The maximum Gasteiger partial charge on any atom is 0.303 e. The fourth-order valence-corrected chi connectivity index (χ4v) is 3.46. The third-order valence-electron chi connectivity index (χ3n) is 4.72.